The second kappa shape index (κ2) is 7.26. The lowest BCUT2D eigenvalue weighted by molar-refractivity contribution is -0.0231. The summed E-state index contributed by atoms with van der Waals surface area (Å²) in [6.45, 7) is 9.57. The Balaban J connectivity index is 2.00. The van der Waals surface area contributed by atoms with E-state index in [1.54, 1.807) is 0 Å². The fourth-order valence-electron chi connectivity index (χ4n) is 4.13. The third-order valence-corrected chi connectivity index (χ3v) is 6.16. The summed E-state index contributed by atoms with van der Waals surface area (Å²) in [4.78, 5) is 2.63. The van der Waals surface area contributed by atoms with Gasteiger partial charge in [0, 0.05) is 6.04 Å². The first-order valence-electron chi connectivity index (χ1n) is 8.96. The summed E-state index contributed by atoms with van der Waals surface area (Å²) in [5.74, 6) is 0.784. The van der Waals surface area contributed by atoms with Crippen LogP contribution in [-0.2, 0) is 0 Å². The number of aliphatic hydroxyl groups is 1. The van der Waals surface area contributed by atoms with Crippen LogP contribution < -0.4 is 0 Å². The van der Waals surface area contributed by atoms with Gasteiger partial charge in [-0.25, -0.2) is 0 Å². The van der Waals surface area contributed by atoms with E-state index in [1.165, 1.54) is 64.5 Å². The molecule has 1 aliphatic carbocycles. The maximum atomic E-state index is 10.5. The molecule has 0 spiro atoms. The van der Waals surface area contributed by atoms with E-state index in [4.69, 9.17) is 0 Å². The summed E-state index contributed by atoms with van der Waals surface area (Å²) in [5.41, 5.74) is 0.432. The summed E-state index contributed by atoms with van der Waals surface area (Å²) < 4.78 is 0. The highest BCUT2D eigenvalue weighted by atomic mass is 16.3. The van der Waals surface area contributed by atoms with Crippen molar-refractivity contribution < 1.29 is 5.11 Å². The normalized spacial score (nSPS) is 34.5. The number of hydrogen-bond acceptors (Lipinski definition) is 2. The minimum atomic E-state index is -0.0849. The molecule has 1 heterocycles. The highest BCUT2D eigenvalue weighted by Gasteiger charge is 2.38. The zero-order valence-corrected chi connectivity index (χ0v) is 13.9. The van der Waals surface area contributed by atoms with Gasteiger partial charge in [-0.2, -0.15) is 0 Å². The highest BCUT2D eigenvalue weighted by molar-refractivity contribution is 4.91. The van der Waals surface area contributed by atoms with Crippen LogP contribution in [-0.4, -0.2) is 35.2 Å². The van der Waals surface area contributed by atoms with Gasteiger partial charge >= 0.3 is 0 Å². The Morgan fingerprint density at radius 1 is 1.00 bits per heavy atom. The van der Waals surface area contributed by atoms with E-state index in [9.17, 15) is 5.11 Å². The first-order valence-corrected chi connectivity index (χ1v) is 8.96. The number of aliphatic hydroxyl groups excluding tert-OH is 1. The van der Waals surface area contributed by atoms with Crippen molar-refractivity contribution in [3.63, 3.8) is 0 Å². The number of hydrogen-bond donors (Lipinski definition) is 1. The van der Waals surface area contributed by atoms with Crippen molar-refractivity contribution in [3.8, 4) is 0 Å². The molecular formula is C18H35NO. The van der Waals surface area contributed by atoms with E-state index < -0.39 is 0 Å². The molecule has 2 rings (SSSR count). The van der Waals surface area contributed by atoms with Crippen LogP contribution in [0.5, 0.6) is 0 Å². The van der Waals surface area contributed by atoms with Gasteiger partial charge in [-0.15, -0.1) is 0 Å². The maximum Gasteiger partial charge on any atom is 0.0695 e. The van der Waals surface area contributed by atoms with Gasteiger partial charge in [-0.05, 0) is 56.5 Å². The van der Waals surface area contributed by atoms with Crippen molar-refractivity contribution in [2.75, 3.05) is 13.1 Å². The molecule has 0 bridgehead atoms. The fourth-order valence-corrected chi connectivity index (χ4v) is 4.13. The second-order valence-corrected chi connectivity index (χ2v) is 7.79. The summed E-state index contributed by atoms with van der Waals surface area (Å²) in [7, 11) is 0. The SMILES string of the molecule is CCC(C)(C)C1CCC(O)C(N2CCCCCCC2)C1. The molecule has 1 saturated heterocycles. The zero-order chi connectivity index (χ0) is 14.6. The molecule has 0 aromatic rings. The van der Waals surface area contributed by atoms with Gasteiger partial charge < -0.3 is 5.11 Å². The van der Waals surface area contributed by atoms with Crippen molar-refractivity contribution in [1.29, 1.82) is 0 Å². The summed E-state index contributed by atoms with van der Waals surface area (Å²) in [6.07, 6.45) is 11.4. The van der Waals surface area contributed by atoms with Crippen LogP contribution in [0.15, 0.2) is 0 Å². The van der Waals surface area contributed by atoms with Crippen molar-refractivity contribution in [1.82, 2.24) is 4.90 Å². The van der Waals surface area contributed by atoms with E-state index in [0.29, 0.717) is 11.5 Å². The molecule has 1 N–H and O–H groups in total. The third-order valence-electron chi connectivity index (χ3n) is 6.16. The molecule has 0 radical (unpaired) electrons. The first kappa shape index (κ1) is 16.3. The van der Waals surface area contributed by atoms with Crippen molar-refractivity contribution in [2.24, 2.45) is 11.3 Å². The lowest BCUT2D eigenvalue weighted by Crippen LogP contribution is -2.50. The molecular weight excluding hydrogens is 246 g/mol. The van der Waals surface area contributed by atoms with Crippen LogP contribution in [0, 0.1) is 11.3 Å². The van der Waals surface area contributed by atoms with E-state index >= 15 is 0 Å². The lowest BCUT2D eigenvalue weighted by atomic mass is 9.67. The van der Waals surface area contributed by atoms with Crippen molar-refractivity contribution in [3.05, 3.63) is 0 Å². The van der Waals surface area contributed by atoms with Gasteiger partial charge in [-0.3, -0.25) is 4.90 Å². The van der Waals surface area contributed by atoms with E-state index in [1.807, 2.05) is 0 Å². The molecule has 1 saturated carbocycles. The highest BCUT2D eigenvalue weighted by Crippen LogP contribution is 2.42. The second-order valence-electron chi connectivity index (χ2n) is 7.79. The van der Waals surface area contributed by atoms with Crippen LogP contribution in [0.1, 0.15) is 78.6 Å². The minimum absolute atomic E-state index is 0.0849. The molecule has 2 nitrogen and oxygen atoms in total. The van der Waals surface area contributed by atoms with Crippen LogP contribution in [0.25, 0.3) is 0 Å². The van der Waals surface area contributed by atoms with Crippen LogP contribution in [0.2, 0.25) is 0 Å². The van der Waals surface area contributed by atoms with Gasteiger partial charge in [0.25, 0.3) is 0 Å². The van der Waals surface area contributed by atoms with Crippen LogP contribution in [0.3, 0.4) is 0 Å². The van der Waals surface area contributed by atoms with Gasteiger partial charge in [0.15, 0.2) is 0 Å². The minimum Gasteiger partial charge on any atom is -0.391 e. The van der Waals surface area contributed by atoms with Crippen molar-refractivity contribution in [2.45, 2.75) is 90.7 Å². The predicted octanol–water partition coefficient (Wildman–Crippen LogP) is 4.22. The molecule has 2 fully saturated rings. The number of rotatable bonds is 3. The fraction of sp³-hybridized carbons (Fsp3) is 1.00. The van der Waals surface area contributed by atoms with Gasteiger partial charge in [0.05, 0.1) is 6.10 Å². The molecule has 1 aliphatic heterocycles. The lowest BCUT2D eigenvalue weighted by Gasteiger charge is -2.46. The summed E-state index contributed by atoms with van der Waals surface area (Å²) >= 11 is 0. The Labute approximate surface area is 125 Å². The zero-order valence-electron chi connectivity index (χ0n) is 13.9. The average molecular weight is 281 g/mol. The monoisotopic (exact) mass is 281 g/mol. The Kier molecular flexibility index (Phi) is 5.92. The Hall–Kier alpha value is -0.0800. The van der Waals surface area contributed by atoms with E-state index in [-0.39, 0.29) is 6.10 Å². The molecule has 2 heteroatoms. The largest absolute Gasteiger partial charge is 0.391 e. The molecule has 20 heavy (non-hydrogen) atoms. The Morgan fingerprint density at radius 3 is 2.20 bits per heavy atom. The molecule has 0 amide bonds. The van der Waals surface area contributed by atoms with Crippen molar-refractivity contribution >= 4 is 0 Å². The van der Waals surface area contributed by atoms with E-state index in [0.717, 1.165) is 12.3 Å². The Morgan fingerprint density at radius 2 is 1.60 bits per heavy atom. The summed E-state index contributed by atoms with van der Waals surface area (Å²) in [5, 5.41) is 10.5. The molecule has 3 unspecified atom stereocenters. The molecule has 3 atom stereocenters. The first-order chi connectivity index (χ1) is 9.54. The number of likely N-dealkylation sites (tertiary alicyclic amines) is 1. The van der Waals surface area contributed by atoms with Gasteiger partial charge in [0.2, 0.25) is 0 Å². The molecule has 118 valence electrons. The van der Waals surface area contributed by atoms with Crippen LogP contribution >= 0.6 is 0 Å². The quantitative estimate of drug-likeness (QED) is 0.837. The smallest absolute Gasteiger partial charge is 0.0695 e. The Bertz CT molecular complexity index is 281. The molecule has 0 aromatic carbocycles. The third kappa shape index (κ3) is 3.98. The standard InChI is InChI=1S/C18H35NO/c1-4-18(2,3)15-10-11-17(20)16(14-15)19-12-8-6-5-7-9-13-19/h15-17,20H,4-14H2,1-3H3. The van der Waals surface area contributed by atoms with Gasteiger partial charge in [-0.1, -0.05) is 46.5 Å². The van der Waals surface area contributed by atoms with Gasteiger partial charge in [0.1, 0.15) is 0 Å². The average Bonchev–Trinajstić information content (AvgIpc) is 2.39. The summed E-state index contributed by atoms with van der Waals surface area (Å²) in [6, 6.07) is 0.428. The molecule has 2 aliphatic rings. The maximum absolute atomic E-state index is 10.5. The molecule has 0 aromatic heterocycles. The predicted molar refractivity (Wildman–Crippen MR) is 85.9 cm³/mol. The van der Waals surface area contributed by atoms with Crippen LogP contribution in [0.4, 0.5) is 0 Å². The number of nitrogens with zero attached hydrogens (tertiary/aromatic N) is 1. The topological polar surface area (TPSA) is 23.5 Å². The van der Waals surface area contributed by atoms with E-state index in [2.05, 4.69) is 25.7 Å².